The normalized spacial score (nSPS) is 12.5. The van der Waals surface area contributed by atoms with Crippen molar-refractivity contribution in [2.45, 2.75) is 28.2 Å². The number of urea groups is 2. The summed E-state index contributed by atoms with van der Waals surface area (Å²) in [5.41, 5.74) is 4.23. The molecule has 2 unspecified atom stereocenters. The van der Waals surface area contributed by atoms with Crippen LogP contribution in [0, 0.1) is 11.6 Å². The van der Waals surface area contributed by atoms with Gasteiger partial charge in [0, 0.05) is 11.4 Å². The molecular weight excluding hydrogens is 640 g/mol. The fourth-order valence-corrected chi connectivity index (χ4v) is 5.02. The first kappa shape index (κ1) is 32.4. The van der Waals surface area contributed by atoms with Gasteiger partial charge in [0.25, 0.3) is 0 Å². The molecule has 2 atom stereocenters. The molecule has 0 fully saturated rings. The van der Waals surface area contributed by atoms with Crippen LogP contribution in [0.25, 0.3) is 0 Å². The minimum Gasteiger partial charge on any atom is -0.328 e. The van der Waals surface area contributed by atoms with Crippen molar-refractivity contribution >= 4 is 69.8 Å². The van der Waals surface area contributed by atoms with Crippen LogP contribution in [-0.2, 0) is 6.42 Å². The Bertz CT molecular complexity index is 1390. The lowest BCUT2D eigenvalue weighted by Crippen LogP contribution is -2.35. The van der Waals surface area contributed by atoms with E-state index >= 15 is 0 Å². The van der Waals surface area contributed by atoms with Gasteiger partial charge in [-0.25, -0.2) is 18.4 Å². The third kappa shape index (κ3) is 9.73. The van der Waals surface area contributed by atoms with Crippen LogP contribution in [0.15, 0.2) is 97.1 Å². The van der Waals surface area contributed by atoms with Crippen molar-refractivity contribution in [3.63, 3.8) is 0 Å². The highest BCUT2D eigenvalue weighted by Crippen LogP contribution is 2.26. The molecule has 4 rings (SSSR count). The summed E-state index contributed by atoms with van der Waals surface area (Å²) in [6.45, 7) is 0. The van der Waals surface area contributed by atoms with Gasteiger partial charge < -0.3 is 21.3 Å². The zero-order chi connectivity index (χ0) is 30.9. The van der Waals surface area contributed by atoms with Gasteiger partial charge in [0.1, 0.15) is 21.3 Å². The minimum absolute atomic E-state index is 0.408. The van der Waals surface area contributed by atoms with Crippen LogP contribution >= 0.6 is 46.4 Å². The molecule has 4 amide bonds. The second kappa shape index (κ2) is 15.3. The molecule has 0 saturated carbocycles. The van der Waals surface area contributed by atoms with Crippen LogP contribution < -0.4 is 21.3 Å². The Morgan fingerprint density at radius 1 is 0.535 bits per heavy atom. The van der Waals surface area contributed by atoms with Crippen LogP contribution in [0.1, 0.15) is 34.3 Å². The molecule has 0 radical (unpaired) electrons. The number of rotatable bonds is 10. The highest BCUT2D eigenvalue weighted by molar-refractivity contribution is 6.45. The maximum absolute atomic E-state index is 13.3. The molecule has 0 aliphatic rings. The molecule has 4 aromatic carbocycles. The standard InChI is InChI=1S/C31H26Cl4F2N4O2/c32-28(33)26(20-5-9-22(36)10-6-20)40-30(42)38-24-13-1-18(2-14-24)17-19-3-15-25(16-4-19)39-31(43)41-27(29(34)35)21-7-11-23(37)12-8-21/h1-16,26-29H,17H2,(H2,38,40,42)(H2,39,41,43). The summed E-state index contributed by atoms with van der Waals surface area (Å²) < 4.78 is 26.5. The maximum Gasteiger partial charge on any atom is 0.319 e. The molecule has 43 heavy (non-hydrogen) atoms. The minimum atomic E-state index is -0.948. The average Bonchev–Trinajstić information content (AvgIpc) is 2.97. The number of carbonyl (C=O) groups is 2. The van der Waals surface area contributed by atoms with E-state index < -0.39 is 45.5 Å². The molecule has 224 valence electrons. The third-order valence-corrected chi connectivity index (χ3v) is 7.38. The van der Waals surface area contributed by atoms with Gasteiger partial charge >= 0.3 is 12.1 Å². The van der Waals surface area contributed by atoms with E-state index in [1.165, 1.54) is 48.5 Å². The summed E-state index contributed by atoms with van der Waals surface area (Å²) >= 11 is 24.2. The van der Waals surface area contributed by atoms with Gasteiger partial charge in [-0.05, 0) is 77.2 Å². The van der Waals surface area contributed by atoms with Crippen molar-refractivity contribution in [3.8, 4) is 0 Å². The fraction of sp³-hybridized carbons (Fsp3) is 0.161. The molecule has 4 aromatic rings. The molecule has 0 aliphatic carbocycles. The van der Waals surface area contributed by atoms with Gasteiger partial charge in [0.2, 0.25) is 0 Å². The number of hydrogen-bond donors (Lipinski definition) is 4. The largest absolute Gasteiger partial charge is 0.328 e. The SMILES string of the molecule is O=C(Nc1ccc(Cc2ccc(NC(=O)NC(c3ccc(F)cc3)C(Cl)Cl)cc2)cc1)NC(c1ccc(F)cc1)C(Cl)Cl. The Kier molecular flexibility index (Phi) is 11.5. The zero-order valence-corrected chi connectivity index (χ0v) is 25.4. The van der Waals surface area contributed by atoms with E-state index in [-0.39, 0.29) is 0 Å². The number of anilines is 2. The molecule has 6 nitrogen and oxygen atoms in total. The van der Waals surface area contributed by atoms with E-state index in [1.54, 1.807) is 24.3 Å². The number of benzene rings is 4. The number of halogens is 6. The van der Waals surface area contributed by atoms with Gasteiger partial charge in [-0.2, -0.15) is 0 Å². The third-order valence-electron chi connectivity index (χ3n) is 6.37. The van der Waals surface area contributed by atoms with E-state index in [0.29, 0.717) is 28.9 Å². The van der Waals surface area contributed by atoms with Crippen molar-refractivity contribution in [3.05, 3.63) is 131 Å². The molecule has 4 N–H and O–H groups in total. The second-order valence-electron chi connectivity index (χ2n) is 9.49. The Balaban J connectivity index is 1.29. The predicted octanol–water partition coefficient (Wildman–Crippen LogP) is 8.89. The van der Waals surface area contributed by atoms with Crippen LogP contribution in [0.3, 0.4) is 0 Å². The van der Waals surface area contributed by atoms with Crippen molar-refractivity contribution in [2.24, 2.45) is 0 Å². The summed E-state index contributed by atoms with van der Waals surface area (Å²) in [4.78, 5) is 23.2. The van der Waals surface area contributed by atoms with Crippen LogP contribution in [0.5, 0.6) is 0 Å². The topological polar surface area (TPSA) is 82.3 Å². The molecule has 0 aliphatic heterocycles. The van der Waals surface area contributed by atoms with E-state index in [4.69, 9.17) is 46.4 Å². The van der Waals surface area contributed by atoms with Crippen molar-refractivity contribution < 1.29 is 18.4 Å². The molecule has 12 heteroatoms. The Morgan fingerprint density at radius 2 is 0.860 bits per heavy atom. The summed E-state index contributed by atoms with van der Waals surface area (Å²) in [6, 6.07) is 23.2. The first-order valence-corrected chi connectivity index (χ1v) is 14.7. The Morgan fingerprint density at radius 3 is 1.16 bits per heavy atom. The summed E-state index contributed by atoms with van der Waals surface area (Å²) in [5.74, 6) is -0.817. The summed E-state index contributed by atoms with van der Waals surface area (Å²) in [5, 5.41) is 10.9. The smallest absolute Gasteiger partial charge is 0.319 e. The van der Waals surface area contributed by atoms with Crippen LogP contribution in [0.2, 0.25) is 0 Å². The quantitative estimate of drug-likeness (QED) is 0.128. The highest BCUT2D eigenvalue weighted by Gasteiger charge is 2.23. The molecular formula is C31H26Cl4F2N4O2. The second-order valence-corrected chi connectivity index (χ2v) is 11.8. The van der Waals surface area contributed by atoms with E-state index in [1.807, 2.05) is 24.3 Å². The monoisotopic (exact) mass is 664 g/mol. The van der Waals surface area contributed by atoms with Crippen molar-refractivity contribution in [1.82, 2.24) is 10.6 Å². The van der Waals surface area contributed by atoms with E-state index in [0.717, 1.165) is 11.1 Å². The maximum atomic E-state index is 13.3. The average molecular weight is 666 g/mol. The molecule has 0 spiro atoms. The summed E-state index contributed by atoms with van der Waals surface area (Å²) in [7, 11) is 0. The highest BCUT2D eigenvalue weighted by atomic mass is 35.5. The van der Waals surface area contributed by atoms with Crippen LogP contribution in [0.4, 0.5) is 29.7 Å². The van der Waals surface area contributed by atoms with Gasteiger partial charge in [-0.3, -0.25) is 0 Å². The molecule has 0 saturated heterocycles. The molecule has 0 aromatic heterocycles. The first-order chi connectivity index (χ1) is 20.6. The molecule has 0 bridgehead atoms. The van der Waals surface area contributed by atoms with Crippen molar-refractivity contribution in [1.29, 1.82) is 0 Å². The lowest BCUT2D eigenvalue weighted by atomic mass is 10.0. The number of amides is 4. The summed E-state index contributed by atoms with van der Waals surface area (Å²) in [6.07, 6.45) is 0.610. The van der Waals surface area contributed by atoms with Gasteiger partial charge in [-0.1, -0.05) is 48.5 Å². The first-order valence-electron chi connectivity index (χ1n) is 13.0. The van der Waals surface area contributed by atoms with Crippen molar-refractivity contribution in [2.75, 3.05) is 10.6 Å². The molecule has 0 heterocycles. The Labute approximate surface area is 267 Å². The zero-order valence-electron chi connectivity index (χ0n) is 22.3. The number of hydrogen-bond acceptors (Lipinski definition) is 2. The van der Waals surface area contributed by atoms with Gasteiger partial charge in [-0.15, -0.1) is 46.4 Å². The number of carbonyl (C=O) groups excluding carboxylic acids is 2. The fourth-order valence-electron chi connectivity index (χ4n) is 4.19. The van der Waals surface area contributed by atoms with Gasteiger partial charge in [0.05, 0.1) is 12.1 Å². The van der Waals surface area contributed by atoms with Crippen LogP contribution in [-0.4, -0.2) is 21.7 Å². The lowest BCUT2D eigenvalue weighted by Gasteiger charge is -2.20. The van der Waals surface area contributed by atoms with E-state index in [9.17, 15) is 18.4 Å². The van der Waals surface area contributed by atoms with E-state index in [2.05, 4.69) is 21.3 Å². The predicted molar refractivity (Wildman–Crippen MR) is 169 cm³/mol. The lowest BCUT2D eigenvalue weighted by molar-refractivity contribution is 0.248. The Hall–Kier alpha value is -3.56. The number of nitrogens with one attached hydrogen (secondary N) is 4. The number of alkyl halides is 4. The van der Waals surface area contributed by atoms with Gasteiger partial charge in [0.15, 0.2) is 0 Å².